The Morgan fingerprint density at radius 1 is 1.27 bits per heavy atom. The summed E-state index contributed by atoms with van der Waals surface area (Å²) in [6, 6.07) is 6.63. The first kappa shape index (κ1) is 16.7. The van der Waals surface area contributed by atoms with Gasteiger partial charge in [-0.05, 0) is 63.8 Å². The van der Waals surface area contributed by atoms with Crippen LogP contribution in [0.25, 0.3) is 0 Å². The lowest BCUT2D eigenvalue weighted by Crippen LogP contribution is -2.35. The highest BCUT2D eigenvalue weighted by molar-refractivity contribution is 5.91. The zero-order valence-electron chi connectivity index (χ0n) is 14.6. The average Bonchev–Trinajstić information content (AvgIpc) is 2.79. The second kappa shape index (κ2) is 6.19. The summed E-state index contributed by atoms with van der Waals surface area (Å²) in [4.78, 5) is 14.0. The molecule has 2 rings (SSSR count). The first-order valence-electron chi connectivity index (χ1n) is 8.07. The number of hydrogen-bond acceptors (Lipinski definition) is 3. The molecule has 1 aromatic rings. The van der Waals surface area contributed by atoms with Crippen molar-refractivity contribution in [3.63, 3.8) is 0 Å². The molecule has 1 aliphatic rings. The van der Waals surface area contributed by atoms with E-state index in [0.717, 1.165) is 17.8 Å². The molecule has 1 aromatic carbocycles. The molecule has 0 aliphatic carbocycles. The number of benzene rings is 1. The molecule has 0 saturated carbocycles. The van der Waals surface area contributed by atoms with Gasteiger partial charge in [0.25, 0.3) is 0 Å². The Morgan fingerprint density at radius 3 is 2.55 bits per heavy atom. The number of carbonyl (C=O) groups is 1. The molecular weight excluding hydrogens is 276 g/mol. The highest BCUT2D eigenvalue weighted by atomic mass is 16.6. The zero-order chi connectivity index (χ0) is 16.5. The molecule has 4 heteroatoms. The lowest BCUT2D eigenvalue weighted by Gasteiger charge is -2.25. The summed E-state index contributed by atoms with van der Waals surface area (Å²) in [5, 5.41) is 3.52. The van der Waals surface area contributed by atoms with Crippen LogP contribution in [-0.2, 0) is 11.2 Å². The van der Waals surface area contributed by atoms with E-state index in [1.54, 1.807) is 4.90 Å². The van der Waals surface area contributed by atoms with Crippen LogP contribution in [0.4, 0.5) is 16.2 Å². The van der Waals surface area contributed by atoms with Gasteiger partial charge in [-0.15, -0.1) is 0 Å². The number of hydrogen-bond donors (Lipinski definition) is 1. The number of nitrogens with one attached hydrogen (secondary N) is 1. The average molecular weight is 304 g/mol. The van der Waals surface area contributed by atoms with E-state index >= 15 is 0 Å². The van der Waals surface area contributed by atoms with Gasteiger partial charge >= 0.3 is 6.09 Å². The normalized spacial score (nSPS) is 15.7. The molecule has 4 nitrogen and oxygen atoms in total. The molecule has 1 unspecified atom stereocenters. The zero-order valence-corrected chi connectivity index (χ0v) is 14.6. The maximum Gasteiger partial charge on any atom is 0.414 e. The fourth-order valence-corrected chi connectivity index (χ4v) is 2.43. The first-order valence-corrected chi connectivity index (χ1v) is 8.07. The van der Waals surface area contributed by atoms with Crippen molar-refractivity contribution in [2.24, 2.45) is 5.92 Å². The molecule has 122 valence electrons. The molecule has 0 fully saturated rings. The van der Waals surface area contributed by atoms with Crippen LogP contribution < -0.4 is 10.2 Å². The highest BCUT2D eigenvalue weighted by Gasteiger charge is 2.29. The van der Waals surface area contributed by atoms with Crippen LogP contribution in [0, 0.1) is 5.92 Å². The van der Waals surface area contributed by atoms with Crippen LogP contribution in [0.3, 0.4) is 0 Å². The minimum atomic E-state index is -0.464. The molecule has 0 aromatic heterocycles. The lowest BCUT2D eigenvalue weighted by atomic mass is 10.1. The van der Waals surface area contributed by atoms with Gasteiger partial charge in [0.05, 0.1) is 5.69 Å². The van der Waals surface area contributed by atoms with E-state index in [1.165, 1.54) is 5.56 Å². The first-order chi connectivity index (χ1) is 10.2. The molecule has 1 N–H and O–H groups in total. The summed E-state index contributed by atoms with van der Waals surface area (Å²) in [5.41, 5.74) is 2.82. The van der Waals surface area contributed by atoms with Gasteiger partial charge in [0.1, 0.15) is 5.60 Å². The third kappa shape index (κ3) is 3.93. The van der Waals surface area contributed by atoms with Crippen molar-refractivity contribution >= 4 is 17.5 Å². The van der Waals surface area contributed by atoms with Crippen LogP contribution in [0.2, 0.25) is 0 Å². The Hall–Kier alpha value is -1.71. The van der Waals surface area contributed by atoms with Gasteiger partial charge in [-0.2, -0.15) is 0 Å². The lowest BCUT2D eigenvalue weighted by molar-refractivity contribution is 0.0584. The van der Waals surface area contributed by atoms with E-state index in [0.29, 0.717) is 18.5 Å². The Morgan fingerprint density at radius 2 is 1.95 bits per heavy atom. The topological polar surface area (TPSA) is 41.6 Å². The maximum atomic E-state index is 12.3. The molecule has 0 radical (unpaired) electrons. The van der Waals surface area contributed by atoms with Gasteiger partial charge < -0.3 is 10.1 Å². The van der Waals surface area contributed by atoms with Gasteiger partial charge in [0.15, 0.2) is 0 Å². The van der Waals surface area contributed by atoms with E-state index in [9.17, 15) is 4.79 Å². The maximum absolute atomic E-state index is 12.3. The monoisotopic (exact) mass is 304 g/mol. The van der Waals surface area contributed by atoms with E-state index in [-0.39, 0.29) is 6.09 Å². The Labute approximate surface area is 133 Å². The minimum Gasteiger partial charge on any atom is -0.443 e. The summed E-state index contributed by atoms with van der Waals surface area (Å²) >= 11 is 0. The molecule has 0 saturated heterocycles. The van der Waals surface area contributed by atoms with Crippen LogP contribution in [0.15, 0.2) is 18.2 Å². The van der Waals surface area contributed by atoms with Crippen molar-refractivity contribution in [1.82, 2.24) is 0 Å². The quantitative estimate of drug-likeness (QED) is 0.897. The summed E-state index contributed by atoms with van der Waals surface area (Å²) in [5.74, 6) is 0.575. The number of anilines is 2. The summed E-state index contributed by atoms with van der Waals surface area (Å²) in [6.45, 7) is 13.0. The molecular formula is C18H28N2O2. The van der Waals surface area contributed by atoms with Gasteiger partial charge in [0.2, 0.25) is 0 Å². The van der Waals surface area contributed by atoms with E-state index < -0.39 is 5.60 Å². The van der Waals surface area contributed by atoms with Crippen LogP contribution in [0.5, 0.6) is 0 Å². The molecule has 1 amide bonds. The van der Waals surface area contributed by atoms with Crippen molar-refractivity contribution in [2.45, 2.75) is 59.6 Å². The van der Waals surface area contributed by atoms with Gasteiger partial charge in [-0.25, -0.2) is 4.79 Å². The standard InChI is InChI=1S/C18H28N2O2/c1-12(2)13(3)19-15-7-8-16-14(11-15)9-10-20(16)17(21)22-18(4,5)6/h7-8,11-13,19H,9-10H2,1-6H3. The molecule has 0 spiro atoms. The molecule has 1 aliphatic heterocycles. The molecule has 22 heavy (non-hydrogen) atoms. The SMILES string of the molecule is CC(C)C(C)Nc1ccc2c(c1)CCN2C(=O)OC(C)(C)C. The van der Waals surface area contributed by atoms with Gasteiger partial charge in [-0.3, -0.25) is 4.90 Å². The van der Waals surface area contributed by atoms with E-state index in [1.807, 2.05) is 32.9 Å². The molecule has 1 atom stereocenters. The van der Waals surface area contributed by atoms with E-state index in [4.69, 9.17) is 4.74 Å². The number of carbonyl (C=O) groups excluding carboxylic acids is 1. The number of amides is 1. The predicted octanol–water partition coefficient (Wildman–Crippen LogP) is 4.44. The number of rotatable bonds is 3. The van der Waals surface area contributed by atoms with Crippen molar-refractivity contribution in [3.05, 3.63) is 23.8 Å². The van der Waals surface area contributed by atoms with Crippen molar-refractivity contribution < 1.29 is 9.53 Å². The third-order valence-corrected chi connectivity index (χ3v) is 3.98. The summed E-state index contributed by atoms with van der Waals surface area (Å²) in [7, 11) is 0. The predicted molar refractivity (Wildman–Crippen MR) is 91.6 cm³/mol. The highest BCUT2D eigenvalue weighted by Crippen LogP contribution is 2.32. The van der Waals surface area contributed by atoms with Crippen LogP contribution in [-0.4, -0.2) is 24.3 Å². The van der Waals surface area contributed by atoms with Gasteiger partial charge in [-0.1, -0.05) is 13.8 Å². The summed E-state index contributed by atoms with van der Waals surface area (Å²) in [6.07, 6.45) is 0.614. The van der Waals surface area contributed by atoms with Crippen molar-refractivity contribution in [2.75, 3.05) is 16.8 Å². The number of ether oxygens (including phenoxy) is 1. The fourth-order valence-electron chi connectivity index (χ4n) is 2.43. The van der Waals surface area contributed by atoms with Crippen molar-refractivity contribution in [1.29, 1.82) is 0 Å². The largest absolute Gasteiger partial charge is 0.443 e. The third-order valence-electron chi connectivity index (χ3n) is 3.98. The molecule has 0 bridgehead atoms. The van der Waals surface area contributed by atoms with Crippen molar-refractivity contribution in [3.8, 4) is 0 Å². The smallest absolute Gasteiger partial charge is 0.414 e. The van der Waals surface area contributed by atoms with Gasteiger partial charge in [0, 0.05) is 18.3 Å². The fraction of sp³-hybridized carbons (Fsp3) is 0.611. The Bertz CT molecular complexity index is 547. The van der Waals surface area contributed by atoms with Crippen LogP contribution >= 0.6 is 0 Å². The Kier molecular flexibility index (Phi) is 4.69. The Balaban J connectivity index is 2.12. The number of fused-ring (bicyclic) bond motifs is 1. The molecule has 1 heterocycles. The second-order valence-corrected chi connectivity index (χ2v) is 7.40. The van der Waals surface area contributed by atoms with E-state index in [2.05, 4.69) is 32.2 Å². The summed E-state index contributed by atoms with van der Waals surface area (Å²) < 4.78 is 5.48. The number of nitrogens with zero attached hydrogens (tertiary/aromatic N) is 1. The minimum absolute atomic E-state index is 0.262. The second-order valence-electron chi connectivity index (χ2n) is 7.40. The van der Waals surface area contributed by atoms with Crippen LogP contribution in [0.1, 0.15) is 47.1 Å².